The van der Waals surface area contributed by atoms with Gasteiger partial charge in [-0.15, -0.1) is 0 Å². The van der Waals surface area contributed by atoms with Gasteiger partial charge in [-0.2, -0.15) is 9.97 Å². The van der Waals surface area contributed by atoms with Crippen molar-refractivity contribution in [1.82, 2.24) is 20.3 Å². The second kappa shape index (κ2) is 11.6. The van der Waals surface area contributed by atoms with E-state index in [-0.39, 0.29) is 5.91 Å². The minimum absolute atomic E-state index is 0.133. The number of carbonyl (C=O) groups excluding carboxylic acids is 1. The number of aromatic nitrogens is 3. The van der Waals surface area contributed by atoms with E-state index in [9.17, 15) is 4.79 Å². The molecule has 9 nitrogen and oxygen atoms in total. The third kappa shape index (κ3) is 5.74. The molecule has 0 unspecified atom stereocenters. The molecule has 2 aliphatic heterocycles. The van der Waals surface area contributed by atoms with Gasteiger partial charge < -0.3 is 25.4 Å². The largest absolute Gasteiger partial charge is 0.383 e. The number of rotatable bonds is 6. The lowest BCUT2D eigenvalue weighted by atomic mass is 9.73. The van der Waals surface area contributed by atoms with Crippen LogP contribution in [-0.4, -0.2) is 67.4 Å². The number of nitrogen functional groups attached to an aromatic ring is 1. The fourth-order valence-corrected chi connectivity index (χ4v) is 4.60. The molecule has 2 aliphatic rings. The van der Waals surface area contributed by atoms with E-state index in [4.69, 9.17) is 25.2 Å². The Morgan fingerprint density at radius 1 is 1.14 bits per heavy atom. The first-order chi connectivity index (χ1) is 17.5. The predicted molar refractivity (Wildman–Crippen MR) is 142 cm³/mol. The number of hydrogen-bond acceptors (Lipinski definition) is 8. The van der Waals surface area contributed by atoms with Crippen molar-refractivity contribution in [2.75, 3.05) is 57.2 Å². The highest BCUT2D eigenvalue weighted by molar-refractivity contribution is 5.95. The summed E-state index contributed by atoms with van der Waals surface area (Å²) in [7, 11) is 1.62. The maximum atomic E-state index is 12.0. The van der Waals surface area contributed by atoms with Gasteiger partial charge in [-0.05, 0) is 50.5 Å². The van der Waals surface area contributed by atoms with Crippen LogP contribution in [0.15, 0.2) is 36.4 Å². The summed E-state index contributed by atoms with van der Waals surface area (Å²) in [6.07, 6.45) is 3.29. The van der Waals surface area contributed by atoms with E-state index in [1.165, 1.54) is 0 Å². The molecule has 0 bridgehead atoms. The van der Waals surface area contributed by atoms with E-state index >= 15 is 0 Å². The van der Waals surface area contributed by atoms with Crippen molar-refractivity contribution >= 4 is 28.7 Å². The quantitative estimate of drug-likeness (QED) is 0.501. The molecule has 1 spiro atoms. The molecule has 192 valence electrons. The zero-order valence-electron chi connectivity index (χ0n) is 21.4. The number of pyridine rings is 1. The molecule has 1 amide bonds. The average Bonchev–Trinajstić information content (AvgIpc) is 2.90. The number of ether oxygens (including phenoxy) is 2. The molecule has 1 aromatic carbocycles. The van der Waals surface area contributed by atoms with Gasteiger partial charge in [-0.3, -0.25) is 4.79 Å². The number of carbonyl (C=O) groups is 1. The normalized spacial score (nSPS) is 16.2. The Hall–Kier alpha value is -3.30. The van der Waals surface area contributed by atoms with Crippen LogP contribution in [0.1, 0.15) is 43.5 Å². The lowest BCUT2D eigenvalue weighted by Gasteiger charge is -2.52. The molecule has 0 saturated carbocycles. The fourth-order valence-electron chi connectivity index (χ4n) is 4.60. The van der Waals surface area contributed by atoms with Gasteiger partial charge in [-0.1, -0.05) is 19.1 Å². The number of benzene rings is 1. The molecule has 2 fully saturated rings. The molecule has 2 saturated heterocycles. The van der Waals surface area contributed by atoms with Gasteiger partial charge in [0.25, 0.3) is 5.91 Å². The molecule has 36 heavy (non-hydrogen) atoms. The van der Waals surface area contributed by atoms with Gasteiger partial charge in [0.1, 0.15) is 5.82 Å². The zero-order chi connectivity index (χ0) is 25.5. The van der Waals surface area contributed by atoms with Crippen LogP contribution in [0.2, 0.25) is 0 Å². The first-order valence-electron chi connectivity index (χ1n) is 12.7. The van der Waals surface area contributed by atoms with Crippen LogP contribution in [-0.2, 0) is 9.47 Å². The van der Waals surface area contributed by atoms with Crippen LogP contribution in [0.4, 0.5) is 11.8 Å². The van der Waals surface area contributed by atoms with Crippen molar-refractivity contribution in [3.63, 3.8) is 0 Å². The van der Waals surface area contributed by atoms with Crippen molar-refractivity contribution in [2.45, 2.75) is 33.1 Å². The summed E-state index contributed by atoms with van der Waals surface area (Å²) in [6, 6.07) is 11.1. The Morgan fingerprint density at radius 2 is 1.92 bits per heavy atom. The third-order valence-electron chi connectivity index (χ3n) is 6.67. The van der Waals surface area contributed by atoms with E-state index in [1.54, 1.807) is 13.1 Å². The molecule has 2 aromatic heterocycles. The molecule has 0 atom stereocenters. The number of anilines is 2. The zero-order valence-corrected chi connectivity index (χ0v) is 21.4. The minimum atomic E-state index is -0.133. The maximum Gasteiger partial charge on any atom is 0.251 e. The number of amides is 1. The van der Waals surface area contributed by atoms with Crippen LogP contribution in [0.25, 0.3) is 22.3 Å². The van der Waals surface area contributed by atoms with Crippen LogP contribution < -0.4 is 16.0 Å². The highest BCUT2D eigenvalue weighted by Crippen LogP contribution is 2.41. The Kier molecular flexibility index (Phi) is 8.32. The monoisotopic (exact) mass is 492 g/mol. The fraction of sp³-hybridized carbons (Fsp3) is 0.481. The number of nitrogens with one attached hydrogen (secondary N) is 1. The first kappa shape index (κ1) is 25.8. The van der Waals surface area contributed by atoms with Crippen molar-refractivity contribution in [3.05, 3.63) is 42.0 Å². The van der Waals surface area contributed by atoms with Crippen molar-refractivity contribution in [3.8, 4) is 11.3 Å². The molecule has 0 radical (unpaired) electrons. The van der Waals surface area contributed by atoms with Crippen LogP contribution in [0.5, 0.6) is 0 Å². The summed E-state index contributed by atoms with van der Waals surface area (Å²) in [5, 5.41) is 3.37. The van der Waals surface area contributed by atoms with Gasteiger partial charge in [0, 0.05) is 63.1 Å². The van der Waals surface area contributed by atoms with Gasteiger partial charge >= 0.3 is 0 Å². The number of fused-ring (bicyclic) bond motifs is 1. The van der Waals surface area contributed by atoms with Gasteiger partial charge in [0.2, 0.25) is 5.95 Å². The molecular formula is C27H36N6O3. The molecular weight excluding hydrogens is 456 g/mol. The SMILES string of the molecule is CCCOCC.CNC(=O)c1cccc(-c2ccc3c(N)nc(N4CC5(CCOCC5)C4)nc3n2)c1. The van der Waals surface area contributed by atoms with Gasteiger partial charge in [-0.25, -0.2) is 4.98 Å². The summed E-state index contributed by atoms with van der Waals surface area (Å²) in [6.45, 7) is 9.39. The summed E-state index contributed by atoms with van der Waals surface area (Å²) >= 11 is 0. The highest BCUT2D eigenvalue weighted by Gasteiger charge is 2.45. The Labute approximate surface area is 212 Å². The molecule has 4 heterocycles. The molecule has 0 aliphatic carbocycles. The van der Waals surface area contributed by atoms with E-state index < -0.39 is 0 Å². The highest BCUT2D eigenvalue weighted by atomic mass is 16.5. The second-order valence-corrected chi connectivity index (χ2v) is 9.30. The summed E-state index contributed by atoms with van der Waals surface area (Å²) in [5.74, 6) is 0.924. The van der Waals surface area contributed by atoms with E-state index in [0.29, 0.717) is 28.4 Å². The Bertz CT molecular complexity index is 1180. The van der Waals surface area contributed by atoms with Crippen LogP contribution >= 0.6 is 0 Å². The van der Waals surface area contributed by atoms with Crippen LogP contribution in [0, 0.1) is 5.41 Å². The molecule has 9 heteroatoms. The summed E-state index contributed by atoms with van der Waals surface area (Å²) in [4.78, 5) is 28.1. The minimum Gasteiger partial charge on any atom is -0.383 e. The Morgan fingerprint density at radius 3 is 2.58 bits per heavy atom. The van der Waals surface area contributed by atoms with Crippen LogP contribution in [0.3, 0.4) is 0 Å². The number of nitrogens with two attached hydrogens (primary N) is 1. The molecule has 3 aromatic rings. The van der Waals surface area contributed by atoms with Crippen molar-refractivity contribution in [1.29, 1.82) is 0 Å². The molecule has 3 N–H and O–H groups in total. The lowest BCUT2D eigenvalue weighted by Crippen LogP contribution is -2.59. The van der Waals surface area contributed by atoms with Crippen molar-refractivity contribution in [2.24, 2.45) is 5.41 Å². The number of nitrogens with zero attached hydrogens (tertiary/aromatic N) is 4. The van der Waals surface area contributed by atoms with E-state index in [1.807, 2.05) is 37.3 Å². The average molecular weight is 493 g/mol. The van der Waals surface area contributed by atoms with Gasteiger partial charge in [0.05, 0.1) is 11.1 Å². The molecule has 5 rings (SSSR count). The third-order valence-corrected chi connectivity index (χ3v) is 6.67. The van der Waals surface area contributed by atoms with Crippen molar-refractivity contribution < 1.29 is 14.3 Å². The summed E-state index contributed by atoms with van der Waals surface area (Å²) < 4.78 is 10.5. The Balaban J connectivity index is 0.000000455. The number of hydrogen-bond donors (Lipinski definition) is 2. The maximum absolute atomic E-state index is 12.0. The van der Waals surface area contributed by atoms with E-state index in [0.717, 1.165) is 75.4 Å². The topological polar surface area (TPSA) is 115 Å². The second-order valence-electron chi connectivity index (χ2n) is 9.30. The smallest absolute Gasteiger partial charge is 0.251 e. The predicted octanol–water partition coefficient (Wildman–Crippen LogP) is 3.68. The summed E-state index contributed by atoms with van der Waals surface area (Å²) in [5.41, 5.74) is 9.28. The lowest BCUT2D eigenvalue weighted by molar-refractivity contribution is -0.000712. The standard InChI is InChI=1S/C22H24N6O2.C5H12O/c1-24-20(29)15-4-2-3-14(11-15)17-6-5-16-18(23)26-21(27-19(16)25-17)28-12-22(13-28)7-9-30-10-8-22;1-3-5-6-4-2/h2-6,11H,7-10,12-13H2,1H3,(H,24,29)(H2,23,25,26,27);3-5H2,1-2H3. The van der Waals surface area contributed by atoms with E-state index in [2.05, 4.69) is 22.1 Å². The first-order valence-corrected chi connectivity index (χ1v) is 12.7. The van der Waals surface area contributed by atoms with Gasteiger partial charge in [0.15, 0.2) is 5.65 Å².